The largest absolute Gasteiger partial charge is 0.493 e. The molecule has 3 aromatic carbocycles. The van der Waals surface area contributed by atoms with Crippen molar-refractivity contribution in [3.63, 3.8) is 0 Å². The molecule has 4 rings (SSSR count). The van der Waals surface area contributed by atoms with E-state index in [-0.39, 0.29) is 11.1 Å². The van der Waals surface area contributed by atoms with Crippen molar-refractivity contribution in [3.05, 3.63) is 105 Å². The number of nitrogens with one attached hydrogen (secondary N) is 2. The molecule has 1 amide bonds. The molecule has 0 radical (unpaired) electrons. The van der Waals surface area contributed by atoms with Crippen LogP contribution in [-0.4, -0.2) is 26.8 Å². The standard InChI is InChI=1S/C22H15FN4O4/c23-15-10-8-14(9-11-15)19(28)26-24-12-17-20(29)25-22(31)27(21(17)30)18-7-3-5-13-4-1-2-6-16(13)18/h1-12,30H,(H,26,28)(H,25,29,31). The number of nitrogens with zero attached hydrogens (tertiary/aromatic N) is 2. The predicted octanol–water partition coefficient (Wildman–Crippen LogP) is 2.29. The summed E-state index contributed by atoms with van der Waals surface area (Å²) in [6, 6.07) is 17.2. The minimum absolute atomic E-state index is 0.150. The molecule has 0 aliphatic heterocycles. The lowest BCUT2D eigenvalue weighted by molar-refractivity contribution is 0.0955. The highest BCUT2D eigenvalue weighted by Gasteiger charge is 2.16. The fourth-order valence-corrected chi connectivity index (χ4v) is 3.10. The van der Waals surface area contributed by atoms with Gasteiger partial charge in [-0.3, -0.25) is 14.6 Å². The second-order valence-electron chi connectivity index (χ2n) is 6.54. The van der Waals surface area contributed by atoms with Gasteiger partial charge in [-0.05, 0) is 35.7 Å². The Labute approximate surface area is 173 Å². The minimum atomic E-state index is -0.876. The number of fused-ring (bicyclic) bond motifs is 1. The molecule has 8 nitrogen and oxygen atoms in total. The van der Waals surface area contributed by atoms with Gasteiger partial charge in [-0.1, -0.05) is 36.4 Å². The van der Waals surface area contributed by atoms with Gasteiger partial charge in [-0.25, -0.2) is 19.2 Å². The average Bonchev–Trinajstić information content (AvgIpc) is 2.76. The Balaban J connectivity index is 1.72. The van der Waals surface area contributed by atoms with Crippen LogP contribution in [0.25, 0.3) is 16.5 Å². The van der Waals surface area contributed by atoms with E-state index in [4.69, 9.17) is 0 Å². The molecule has 0 aliphatic rings. The van der Waals surface area contributed by atoms with Crippen molar-refractivity contribution in [2.45, 2.75) is 0 Å². The van der Waals surface area contributed by atoms with Gasteiger partial charge in [-0.2, -0.15) is 5.10 Å². The summed E-state index contributed by atoms with van der Waals surface area (Å²) in [5, 5.41) is 15.9. The van der Waals surface area contributed by atoms with Crippen molar-refractivity contribution in [1.82, 2.24) is 15.0 Å². The molecule has 4 aromatic rings. The molecule has 0 aliphatic carbocycles. The quantitative estimate of drug-likeness (QED) is 0.348. The van der Waals surface area contributed by atoms with Crippen LogP contribution in [0.1, 0.15) is 15.9 Å². The number of rotatable bonds is 4. The fraction of sp³-hybridized carbons (Fsp3) is 0. The number of hydrogen-bond acceptors (Lipinski definition) is 5. The van der Waals surface area contributed by atoms with Crippen molar-refractivity contribution in [3.8, 4) is 11.6 Å². The van der Waals surface area contributed by atoms with Crippen molar-refractivity contribution < 1.29 is 14.3 Å². The van der Waals surface area contributed by atoms with Gasteiger partial charge in [0.05, 0.1) is 11.9 Å². The monoisotopic (exact) mass is 418 g/mol. The minimum Gasteiger partial charge on any atom is -0.493 e. The summed E-state index contributed by atoms with van der Waals surface area (Å²) in [7, 11) is 0. The summed E-state index contributed by atoms with van der Waals surface area (Å²) in [6.45, 7) is 0. The lowest BCUT2D eigenvalue weighted by atomic mass is 10.1. The first kappa shape index (κ1) is 19.8. The topological polar surface area (TPSA) is 117 Å². The van der Waals surface area contributed by atoms with Crippen LogP contribution in [0.2, 0.25) is 0 Å². The first-order chi connectivity index (χ1) is 15.0. The lowest BCUT2D eigenvalue weighted by Crippen LogP contribution is -2.31. The summed E-state index contributed by atoms with van der Waals surface area (Å²) >= 11 is 0. The Bertz CT molecular complexity index is 1430. The Hall–Kier alpha value is -4.53. The van der Waals surface area contributed by atoms with E-state index < -0.39 is 28.9 Å². The van der Waals surface area contributed by atoms with Crippen LogP contribution < -0.4 is 16.7 Å². The first-order valence-electron chi connectivity index (χ1n) is 9.11. The van der Waals surface area contributed by atoms with E-state index in [1.165, 1.54) is 12.1 Å². The molecular weight excluding hydrogens is 403 g/mol. The number of aromatic amines is 1. The smallest absolute Gasteiger partial charge is 0.335 e. The predicted molar refractivity (Wildman–Crippen MR) is 113 cm³/mol. The van der Waals surface area contributed by atoms with E-state index in [2.05, 4.69) is 15.5 Å². The number of carbonyl (C=O) groups excluding carboxylic acids is 1. The SMILES string of the molecule is O=C(NN=Cc1c(O)n(-c2cccc3ccccc23)c(=O)[nH]c1=O)c1ccc(F)cc1. The molecular formula is C22H15FN4O4. The maximum Gasteiger partial charge on any atom is 0.335 e. The number of aromatic hydroxyl groups is 1. The van der Waals surface area contributed by atoms with Crippen LogP contribution in [-0.2, 0) is 0 Å². The van der Waals surface area contributed by atoms with E-state index in [0.29, 0.717) is 11.1 Å². The van der Waals surface area contributed by atoms with Crippen LogP contribution in [0.3, 0.4) is 0 Å². The normalized spacial score (nSPS) is 11.1. The Morgan fingerprint density at radius 2 is 1.74 bits per heavy atom. The summed E-state index contributed by atoms with van der Waals surface area (Å²) in [5.41, 5.74) is 0.664. The Kier molecular flexibility index (Phi) is 5.15. The molecule has 0 spiro atoms. The van der Waals surface area contributed by atoms with Crippen molar-refractivity contribution >= 4 is 22.9 Å². The maximum absolute atomic E-state index is 13.0. The fourth-order valence-electron chi connectivity index (χ4n) is 3.10. The van der Waals surface area contributed by atoms with Crippen molar-refractivity contribution in [2.24, 2.45) is 5.10 Å². The van der Waals surface area contributed by atoms with Crippen molar-refractivity contribution in [2.75, 3.05) is 0 Å². The highest BCUT2D eigenvalue weighted by atomic mass is 19.1. The number of aromatic nitrogens is 2. The van der Waals surface area contributed by atoms with E-state index >= 15 is 0 Å². The zero-order valence-corrected chi connectivity index (χ0v) is 15.9. The number of amides is 1. The molecule has 0 saturated carbocycles. The second-order valence-corrected chi connectivity index (χ2v) is 6.54. The van der Waals surface area contributed by atoms with Gasteiger partial charge in [0.25, 0.3) is 11.5 Å². The molecule has 1 heterocycles. The molecule has 0 unspecified atom stereocenters. The molecule has 1 aromatic heterocycles. The molecule has 9 heteroatoms. The summed E-state index contributed by atoms with van der Waals surface area (Å²) < 4.78 is 13.9. The number of halogens is 1. The van der Waals surface area contributed by atoms with Gasteiger partial charge in [0, 0.05) is 10.9 Å². The van der Waals surface area contributed by atoms with Gasteiger partial charge in [0.15, 0.2) is 0 Å². The zero-order chi connectivity index (χ0) is 22.0. The number of H-pyrrole nitrogens is 1. The van der Waals surface area contributed by atoms with E-state index in [1.807, 2.05) is 18.2 Å². The summed E-state index contributed by atoms with van der Waals surface area (Å²) in [6.07, 6.45) is 0.927. The average molecular weight is 418 g/mol. The van der Waals surface area contributed by atoms with Crippen LogP contribution in [0.15, 0.2) is 81.4 Å². The van der Waals surface area contributed by atoms with Crippen LogP contribution in [0, 0.1) is 5.82 Å². The number of hydrazone groups is 1. The first-order valence-corrected chi connectivity index (χ1v) is 9.11. The number of benzene rings is 3. The lowest BCUT2D eigenvalue weighted by Gasteiger charge is -2.12. The highest BCUT2D eigenvalue weighted by Crippen LogP contribution is 2.24. The summed E-state index contributed by atoms with van der Waals surface area (Å²) in [4.78, 5) is 38.9. The molecule has 0 fully saturated rings. The molecule has 0 bridgehead atoms. The van der Waals surface area contributed by atoms with Gasteiger partial charge < -0.3 is 5.11 Å². The molecule has 3 N–H and O–H groups in total. The Morgan fingerprint density at radius 1 is 1.03 bits per heavy atom. The van der Waals surface area contributed by atoms with E-state index in [9.17, 15) is 23.9 Å². The van der Waals surface area contributed by atoms with E-state index in [0.717, 1.165) is 28.3 Å². The van der Waals surface area contributed by atoms with Crippen LogP contribution in [0.4, 0.5) is 4.39 Å². The van der Waals surface area contributed by atoms with Gasteiger partial charge >= 0.3 is 5.69 Å². The van der Waals surface area contributed by atoms with Crippen molar-refractivity contribution in [1.29, 1.82) is 0 Å². The molecule has 0 saturated heterocycles. The third kappa shape index (κ3) is 3.84. The third-order valence-corrected chi connectivity index (χ3v) is 4.59. The third-order valence-electron chi connectivity index (χ3n) is 4.59. The molecule has 31 heavy (non-hydrogen) atoms. The van der Waals surface area contributed by atoms with Gasteiger partial charge in [-0.15, -0.1) is 0 Å². The zero-order valence-electron chi connectivity index (χ0n) is 15.9. The number of hydrogen-bond donors (Lipinski definition) is 3. The summed E-state index contributed by atoms with van der Waals surface area (Å²) in [5.74, 6) is -1.77. The van der Waals surface area contributed by atoms with Gasteiger partial charge in [0.2, 0.25) is 5.88 Å². The highest BCUT2D eigenvalue weighted by molar-refractivity contribution is 5.95. The Morgan fingerprint density at radius 3 is 2.52 bits per heavy atom. The number of carbonyl (C=O) groups is 1. The van der Waals surface area contributed by atoms with Crippen LogP contribution in [0.5, 0.6) is 5.88 Å². The second kappa shape index (κ2) is 8.07. The molecule has 154 valence electrons. The van der Waals surface area contributed by atoms with Gasteiger partial charge in [0.1, 0.15) is 11.4 Å². The molecule has 0 atom stereocenters. The maximum atomic E-state index is 13.0. The van der Waals surface area contributed by atoms with Crippen LogP contribution >= 0.6 is 0 Å². The van der Waals surface area contributed by atoms with E-state index in [1.54, 1.807) is 24.3 Å².